The third kappa shape index (κ3) is 3.32. The van der Waals surface area contributed by atoms with Crippen molar-refractivity contribution in [1.29, 1.82) is 0 Å². The molecule has 0 aromatic carbocycles. The topological polar surface area (TPSA) is 98.7 Å². The second-order valence-corrected chi connectivity index (χ2v) is 5.72. The summed E-state index contributed by atoms with van der Waals surface area (Å²) in [6.07, 6.45) is 0.629. The lowest BCUT2D eigenvalue weighted by atomic mass is 10.3. The molecule has 2 aromatic rings. The number of aryl methyl sites for hydroxylation is 2. The number of nitrogens with zero attached hydrogens (tertiary/aromatic N) is 4. The minimum atomic E-state index is -0.330. The van der Waals surface area contributed by atoms with Crippen molar-refractivity contribution >= 4 is 22.4 Å². The summed E-state index contributed by atoms with van der Waals surface area (Å²) >= 11 is 1.34. The van der Waals surface area contributed by atoms with Crippen molar-refractivity contribution in [2.75, 3.05) is 12.3 Å². The maximum Gasteiger partial charge on any atom is 0.244 e. The highest BCUT2D eigenvalue weighted by atomic mass is 32.1. The molecule has 7 nitrogen and oxygen atoms in total. The number of hydrogen-bond acceptors (Lipinski definition) is 6. The van der Waals surface area contributed by atoms with Gasteiger partial charge in [-0.3, -0.25) is 9.48 Å². The van der Waals surface area contributed by atoms with Crippen LogP contribution in [0.15, 0.2) is 6.07 Å². The molecule has 1 unspecified atom stereocenters. The number of rotatable bonds is 5. The predicted octanol–water partition coefficient (Wildman–Crippen LogP) is 0.854. The van der Waals surface area contributed by atoms with Gasteiger partial charge in [-0.1, -0.05) is 11.3 Å². The average molecular weight is 294 g/mol. The molecule has 2 rings (SSSR count). The molecule has 0 aliphatic carbocycles. The number of carbonyl (C=O) groups is 1. The fourth-order valence-electron chi connectivity index (χ4n) is 1.96. The largest absolute Gasteiger partial charge is 0.374 e. The fourth-order valence-corrected chi connectivity index (χ4v) is 2.57. The number of nitrogens with one attached hydrogen (secondary N) is 1. The highest BCUT2D eigenvalue weighted by Gasteiger charge is 2.17. The second kappa shape index (κ2) is 6.00. The quantitative estimate of drug-likeness (QED) is 0.852. The smallest absolute Gasteiger partial charge is 0.244 e. The summed E-state index contributed by atoms with van der Waals surface area (Å²) in [4.78, 5) is 12.1. The molecule has 2 heterocycles. The van der Waals surface area contributed by atoms with Gasteiger partial charge in [-0.05, 0) is 26.8 Å². The number of carbonyl (C=O) groups excluding carboxylic acids is 1. The molecule has 0 spiro atoms. The zero-order valence-electron chi connectivity index (χ0n) is 11.8. The lowest BCUT2D eigenvalue weighted by Gasteiger charge is -2.14. The Bertz CT molecular complexity index is 605. The normalized spacial score (nSPS) is 12.3. The molecule has 3 N–H and O–H groups in total. The third-order valence-corrected chi connectivity index (χ3v) is 3.72. The van der Waals surface area contributed by atoms with E-state index in [9.17, 15) is 4.79 Å². The van der Waals surface area contributed by atoms with E-state index in [2.05, 4.69) is 20.6 Å². The van der Waals surface area contributed by atoms with Crippen LogP contribution in [0.25, 0.3) is 0 Å². The molecule has 20 heavy (non-hydrogen) atoms. The van der Waals surface area contributed by atoms with Crippen LogP contribution >= 0.6 is 11.3 Å². The summed E-state index contributed by atoms with van der Waals surface area (Å²) in [6, 6.07) is 1.62. The highest BCUT2D eigenvalue weighted by molar-refractivity contribution is 7.15. The van der Waals surface area contributed by atoms with Crippen LogP contribution < -0.4 is 11.1 Å². The third-order valence-electron chi connectivity index (χ3n) is 2.91. The number of nitrogen functional groups attached to an aromatic ring is 1. The van der Waals surface area contributed by atoms with Crippen LogP contribution in [0.1, 0.15) is 29.4 Å². The zero-order chi connectivity index (χ0) is 14.7. The molecule has 0 aliphatic rings. The van der Waals surface area contributed by atoms with Crippen LogP contribution in [0.4, 0.5) is 5.13 Å². The van der Waals surface area contributed by atoms with Crippen molar-refractivity contribution in [2.24, 2.45) is 0 Å². The molecule has 0 saturated carbocycles. The van der Waals surface area contributed by atoms with Gasteiger partial charge in [-0.25, -0.2) is 0 Å². The molecular formula is C12H18N6OS. The molecule has 0 fully saturated rings. The first-order valence-corrected chi connectivity index (χ1v) is 7.17. The van der Waals surface area contributed by atoms with E-state index >= 15 is 0 Å². The second-order valence-electron chi connectivity index (χ2n) is 4.62. The van der Waals surface area contributed by atoms with Gasteiger partial charge in [0.2, 0.25) is 11.0 Å². The van der Waals surface area contributed by atoms with Gasteiger partial charge in [0, 0.05) is 18.7 Å². The van der Waals surface area contributed by atoms with E-state index in [0.717, 1.165) is 16.4 Å². The highest BCUT2D eigenvalue weighted by Crippen LogP contribution is 2.12. The van der Waals surface area contributed by atoms with Gasteiger partial charge in [0.15, 0.2) is 0 Å². The Morgan fingerprint density at radius 1 is 1.50 bits per heavy atom. The van der Waals surface area contributed by atoms with Gasteiger partial charge in [0.05, 0.1) is 5.69 Å². The molecular weight excluding hydrogens is 276 g/mol. The van der Waals surface area contributed by atoms with Gasteiger partial charge in [-0.15, -0.1) is 10.2 Å². The number of anilines is 1. The van der Waals surface area contributed by atoms with Gasteiger partial charge in [0.25, 0.3) is 0 Å². The van der Waals surface area contributed by atoms with Crippen LogP contribution in [0, 0.1) is 13.8 Å². The van der Waals surface area contributed by atoms with E-state index in [-0.39, 0.29) is 11.9 Å². The first-order valence-electron chi connectivity index (χ1n) is 6.35. The molecule has 0 saturated heterocycles. The Morgan fingerprint density at radius 3 is 2.80 bits per heavy atom. The molecule has 0 aliphatic heterocycles. The summed E-state index contributed by atoms with van der Waals surface area (Å²) in [5.41, 5.74) is 7.38. The van der Waals surface area contributed by atoms with E-state index in [1.165, 1.54) is 11.3 Å². The summed E-state index contributed by atoms with van der Waals surface area (Å²) in [6.45, 7) is 6.19. The van der Waals surface area contributed by atoms with Crippen LogP contribution in [0.2, 0.25) is 0 Å². The Labute approximate surface area is 121 Å². The number of nitrogens with two attached hydrogens (primary N) is 1. The fraction of sp³-hybridized carbons (Fsp3) is 0.500. The summed E-state index contributed by atoms with van der Waals surface area (Å²) in [5, 5.41) is 16.1. The van der Waals surface area contributed by atoms with E-state index in [1.54, 1.807) is 4.68 Å². The van der Waals surface area contributed by atoms with Gasteiger partial charge in [0.1, 0.15) is 11.0 Å². The number of aromatic nitrogens is 4. The van der Waals surface area contributed by atoms with Crippen molar-refractivity contribution in [2.45, 2.75) is 33.2 Å². The molecule has 1 atom stereocenters. The molecule has 108 valence electrons. The van der Waals surface area contributed by atoms with Crippen molar-refractivity contribution < 1.29 is 4.79 Å². The van der Waals surface area contributed by atoms with Crippen molar-refractivity contribution in [3.05, 3.63) is 22.5 Å². The maximum absolute atomic E-state index is 12.1. The van der Waals surface area contributed by atoms with Crippen molar-refractivity contribution in [3.8, 4) is 0 Å². The lowest BCUT2D eigenvalue weighted by molar-refractivity contribution is -0.124. The Balaban J connectivity index is 1.87. The number of amides is 1. The lowest BCUT2D eigenvalue weighted by Crippen LogP contribution is -2.33. The van der Waals surface area contributed by atoms with Crippen LogP contribution in [0.3, 0.4) is 0 Å². The minimum absolute atomic E-state index is 0.0614. The first kappa shape index (κ1) is 14.4. The predicted molar refractivity (Wildman–Crippen MR) is 77.4 cm³/mol. The summed E-state index contributed by atoms with van der Waals surface area (Å²) in [7, 11) is 0. The molecule has 0 bridgehead atoms. The summed E-state index contributed by atoms with van der Waals surface area (Å²) in [5.74, 6) is -0.0614. The average Bonchev–Trinajstić information content (AvgIpc) is 2.94. The van der Waals surface area contributed by atoms with Crippen LogP contribution in [0.5, 0.6) is 0 Å². The van der Waals surface area contributed by atoms with E-state index in [4.69, 9.17) is 5.73 Å². The molecule has 0 radical (unpaired) electrons. The van der Waals surface area contributed by atoms with Gasteiger partial charge in [-0.2, -0.15) is 5.10 Å². The Kier molecular flexibility index (Phi) is 4.33. The monoisotopic (exact) mass is 294 g/mol. The van der Waals surface area contributed by atoms with E-state index in [1.807, 2.05) is 26.8 Å². The van der Waals surface area contributed by atoms with Gasteiger partial charge >= 0.3 is 0 Å². The van der Waals surface area contributed by atoms with E-state index in [0.29, 0.717) is 18.1 Å². The Morgan fingerprint density at radius 2 is 2.25 bits per heavy atom. The Hall–Kier alpha value is -1.96. The first-order chi connectivity index (χ1) is 9.47. The van der Waals surface area contributed by atoms with Crippen molar-refractivity contribution in [3.63, 3.8) is 0 Å². The number of hydrogen-bond donors (Lipinski definition) is 2. The van der Waals surface area contributed by atoms with Gasteiger partial charge < -0.3 is 11.1 Å². The van der Waals surface area contributed by atoms with Crippen LogP contribution in [-0.2, 0) is 11.2 Å². The van der Waals surface area contributed by atoms with Crippen molar-refractivity contribution in [1.82, 2.24) is 25.3 Å². The van der Waals surface area contributed by atoms with E-state index < -0.39 is 0 Å². The molecule has 8 heteroatoms. The maximum atomic E-state index is 12.1. The molecule has 1 amide bonds. The minimum Gasteiger partial charge on any atom is -0.374 e. The standard InChI is InChI=1S/C12H18N6OS/c1-7-6-8(2)18(17-7)9(3)11(19)14-5-4-10-15-16-12(13)20-10/h6,9H,4-5H2,1-3H3,(H2,13,16)(H,14,19). The molecule has 2 aromatic heterocycles. The summed E-state index contributed by atoms with van der Waals surface area (Å²) < 4.78 is 1.73. The van der Waals surface area contributed by atoms with Crippen LogP contribution in [-0.4, -0.2) is 32.4 Å². The zero-order valence-corrected chi connectivity index (χ0v) is 12.6. The SMILES string of the molecule is Cc1cc(C)n(C(C)C(=O)NCCc2nnc(N)s2)n1.